The van der Waals surface area contributed by atoms with Crippen molar-refractivity contribution >= 4 is 17.7 Å². The van der Waals surface area contributed by atoms with Crippen molar-refractivity contribution in [2.24, 2.45) is 0 Å². The second-order valence-corrected chi connectivity index (χ2v) is 5.82. The summed E-state index contributed by atoms with van der Waals surface area (Å²) >= 11 is 0. The van der Waals surface area contributed by atoms with E-state index >= 15 is 0 Å². The Morgan fingerprint density at radius 1 is 1.11 bits per heavy atom. The minimum atomic E-state index is -0.647. The molecule has 0 spiro atoms. The molecule has 0 aliphatic heterocycles. The maximum Gasteiger partial charge on any atom is 0.337 e. The van der Waals surface area contributed by atoms with Gasteiger partial charge in [0.25, 0.3) is 0 Å². The highest BCUT2D eigenvalue weighted by molar-refractivity contribution is 5.94. The minimum Gasteiger partial charge on any atom is -0.465 e. The van der Waals surface area contributed by atoms with Gasteiger partial charge in [0.1, 0.15) is 5.82 Å². The lowest BCUT2D eigenvalue weighted by Gasteiger charge is -2.12. The fraction of sp³-hybridized carbons (Fsp3) is 0.300. The predicted octanol–water partition coefficient (Wildman–Crippen LogP) is 3.86. The Bertz CT molecular complexity index is 795. The summed E-state index contributed by atoms with van der Waals surface area (Å²) in [4.78, 5) is 23.7. The number of halogens is 1. The van der Waals surface area contributed by atoms with Crippen LogP contribution < -0.4 is 10.6 Å². The van der Waals surface area contributed by atoms with Gasteiger partial charge >= 0.3 is 12.0 Å². The number of nitrogens with one attached hydrogen (secondary N) is 2. The van der Waals surface area contributed by atoms with Crippen molar-refractivity contribution in [3.8, 4) is 0 Å². The van der Waals surface area contributed by atoms with E-state index < -0.39 is 17.8 Å². The molecule has 2 rings (SSSR count). The maximum atomic E-state index is 13.9. The lowest BCUT2D eigenvalue weighted by molar-refractivity contribution is 0.0600. The van der Waals surface area contributed by atoms with Gasteiger partial charge in [-0.05, 0) is 35.7 Å². The van der Waals surface area contributed by atoms with Crippen LogP contribution >= 0.6 is 0 Å². The molecular weight excluding hydrogens is 351 g/mol. The molecule has 0 bridgehead atoms. The van der Waals surface area contributed by atoms with Crippen LogP contribution in [0.1, 0.15) is 34.8 Å². The second kappa shape index (κ2) is 10.3. The van der Waals surface area contributed by atoms with Crippen LogP contribution in [0.5, 0.6) is 0 Å². The van der Waals surface area contributed by atoms with E-state index in [9.17, 15) is 14.0 Å². The largest absolute Gasteiger partial charge is 0.465 e. The highest BCUT2D eigenvalue weighted by Crippen LogP contribution is 2.17. The number of rotatable bonds is 8. The summed E-state index contributed by atoms with van der Waals surface area (Å²) < 4.78 is 24.0. The highest BCUT2D eigenvalue weighted by Gasteiger charge is 2.12. The van der Waals surface area contributed by atoms with Crippen LogP contribution in [0, 0.1) is 5.82 Å². The average Bonchev–Trinajstić information content (AvgIpc) is 2.68. The minimum absolute atomic E-state index is 0.102. The fourth-order valence-electron chi connectivity index (χ4n) is 2.41. The SMILES string of the molecule is CCCOCc1ccccc1CNC(=O)Nc1cc(C(=O)OC)ccc1F. The molecule has 2 amide bonds. The zero-order chi connectivity index (χ0) is 19.6. The first-order valence-electron chi connectivity index (χ1n) is 8.62. The summed E-state index contributed by atoms with van der Waals surface area (Å²) in [5.74, 6) is -1.26. The van der Waals surface area contributed by atoms with E-state index in [1.807, 2.05) is 31.2 Å². The quantitative estimate of drug-likeness (QED) is 0.543. The van der Waals surface area contributed by atoms with E-state index in [0.717, 1.165) is 23.6 Å². The second-order valence-electron chi connectivity index (χ2n) is 5.82. The number of anilines is 1. The number of urea groups is 1. The molecule has 144 valence electrons. The van der Waals surface area contributed by atoms with E-state index in [1.165, 1.54) is 19.2 Å². The van der Waals surface area contributed by atoms with Crippen LogP contribution in [0.15, 0.2) is 42.5 Å². The summed E-state index contributed by atoms with van der Waals surface area (Å²) in [6.07, 6.45) is 0.930. The van der Waals surface area contributed by atoms with Crippen LogP contribution in [0.2, 0.25) is 0 Å². The number of hydrogen-bond acceptors (Lipinski definition) is 4. The molecule has 0 unspecified atom stereocenters. The number of carbonyl (C=O) groups is 2. The molecule has 7 heteroatoms. The molecule has 2 aromatic rings. The van der Waals surface area contributed by atoms with Crippen molar-refractivity contribution in [2.45, 2.75) is 26.5 Å². The summed E-state index contributed by atoms with van der Waals surface area (Å²) in [6.45, 7) is 3.42. The molecule has 0 heterocycles. The Kier molecular flexibility index (Phi) is 7.76. The number of hydrogen-bond donors (Lipinski definition) is 2. The van der Waals surface area contributed by atoms with E-state index in [2.05, 4.69) is 15.4 Å². The van der Waals surface area contributed by atoms with E-state index in [4.69, 9.17) is 4.74 Å². The first-order valence-corrected chi connectivity index (χ1v) is 8.62. The summed E-state index contributed by atoms with van der Waals surface area (Å²) in [7, 11) is 1.23. The highest BCUT2D eigenvalue weighted by atomic mass is 19.1. The number of methoxy groups -OCH3 is 1. The lowest BCUT2D eigenvalue weighted by atomic mass is 10.1. The van der Waals surface area contributed by atoms with E-state index in [-0.39, 0.29) is 17.8 Å². The number of benzene rings is 2. The average molecular weight is 374 g/mol. The van der Waals surface area contributed by atoms with E-state index in [0.29, 0.717) is 13.2 Å². The van der Waals surface area contributed by atoms with Gasteiger partial charge < -0.3 is 20.1 Å². The Morgan fingerprint density at radius 3 is 2.56 bits per heavy atom. The number of ether oxygens (including phenoxy) is 2. The van der Waals surface area contributed by atoms with Gasteiger partial charge in [-0.15, -0.1) is 0 Å². The van der Waals surface area contributed by atoms with Crippen molar-refractivity contribution in [1.29, 1.82) is 0 Å². The number of amides is 2. The van der Waals surface area contributed by atoms with Crippen molar-refractivity contribution in [2.75, 3.05) is 19.0 Å². The Labute approximate surface area is 157 Å². The third-order valence-corrected chi connectivity index (χ3v) is 3.80. The molecule has 6 nitrogen and oxygen atoms in total. The summed E-state index contributed by atoms with van der Waals surface area (Å²) in [5, 5.41) is 5.09. The zero-order valence-corrected chi connectivity index (χ0v) is 15.4. The molecule has 0 aliphatic carbocycles. The molecule has 2 aromatic carbocycles. The Hall–Kier alpha value is -2.93. The molecule has 0 saturated carbocycles. The van der Waals surface area contributed by atoms with Crippen molar-refractivity contribution in [3.63, 3.8) is 0 Å². The van der Waals surface area contributed by atoms with Gasteiger partial charge in [0.05, 0.1) is 25.0 Å². The van der Waals surface area contributed by atoms with Crippen molar-refractivity contribution < 1.29 is 23.5 Å². The molecule has 2 N–H and O–H groups in total. The molecular formula is C20H23FN2O4. The Morgan fingerprint density at radius 2 is 1.85 bits per heavy atom. The first-order chi connectivity index (χ1) is 13.0. The van der Waals surface area contributed by atoms with Crippen LogP contribution in [0.25, 0.3) is 0 Å². The lowest BCUT2D eigenvalue weighted by Crippen LogP contribution is -2.29. The van der Waals surface area contributed by atoms with Crippen LogP contribution in [0.3, 0.4) is 0 Å². The predicted molar refractivity (Wildman–Crippen MR) is 100.0 cm³/mol. The monoisotopic (exact) mass is 374 g/mol. The third kappa shape index (κ3) is 6.07. The maximum absolute atomic E-state index is 13.9. The fourth-order valence-corrected chi connectivity index (χ4v) is 2.41. The van der Waals surface area contributed by atoms with Gasteiger partial charge in [-0.25, -0.2) is 14.0 Å². The summed E-state index contributed by atoms with van der Waals surface area (Å²) in [6, 6.07) is 10.6. The summed E-state index contributed by atoms with van der Waals surface area (Å²) in [5.41, 5.74) is 1.93. The van der Waals surface area contributed by atoms with Crippen molar-refractivity contribution in [3.05, 3.63) is 65.0 Å². The van der Waals surface area contributed by atoms with Crippen LogP contribution in [-0.4, -0.2) is 25.7 Å². The smallest absolute Gasteiger partial charge is 0.337 e. The van der Waals surface area contributed by atoms with Gasteiger partial charge in [-0.1, -0.05) is 31.2 Å². The standard InChI is InChI=1S/C20H23FN2O4/c1-3-10-27-13-16-7-5-4-6-15(16)12-22-20(25)23-18-11-14(19(24)26-2)8-9-17(18)21/h4-9,11H,3,10,12-13H2,1-2H3,(H2,22,23,25). The van der Waals surface area contributed by atoms with Gasteiger partial charge in [0.15, 0.2) is 0 Å². The van der Waals surface area contributed by atoms with Gasteiger partial charge in [-0.2, -0.15) is 0 Å². The first kappa shape index (κ1) is 20.4. The van der Waals surface area contributed by atoms with E-state index in [1.54, 1.807) is 0 Å². The zero-order valence-electron chi connectivity index (χ0n) is 15.4. The van der Waals surface area contributed by atoms with Gasteiger partial charge in [0.2, 0.25) is 0 Å². The number of carbonyl (C=O) groups excluding carboxylic acids is 2. The van der Waals surface area contributed by atoms with Gasteiger partial charge in [0, 0.05) is 13.2 Å². The Balaban J connectivity index is 1.98. The molecule has 0 aromatic heterocycles. The molecule has 0 saturated heterocycles. The van der Waals surface area contributed by atoms with Gasteiger partial charge in [-0.3, -0.25) is 0 Å². The topological polar surface area (TPSA) is 76.7 Å². The van der Waals surface area contributed by atoms with Crippen molar-refractivity contribution in [1.82, 2.24) is 5.32 Å². The molecule has 0 atom stereocenters. The molecule has 0 radical (unpaired) electrons. The van der Waals surface area contributed by atoms with Crippen LogP contribution in [0.4, 0.5) is 14.9 Å². The molecule has 27 heavy (non-hydrogen) atoms. The number of esters is 1. The molecule has 0 aliphatic rings. The van der Waals surface area contributed by atoms with Crippen LogP contribution in [-0.2, 0) is 22.6 Å². The normalized spacial score (nSPS) is 10.3. The third-order valence-electron chi connectivity index (χ3n) is 3.80. The molecule has 0 fully saturated rings.